The number of hydrogen-bond acceptors (Lipinski definition) is 5. The second kappa shape index (κ2) is 10.9. The highest BCUT2D eigenvalue weighted by molar-refractivity contribution is 5.92. The summed E-state index contributed by atoms with van der Waals surface area (Å²) in [6.45, 7) is 10.1. The smallest absolute Gasteiger partial charge is 0.337 e. The number of aryl methyl sites for hydroxylation is 1. The number of allylic oxidation sites excluding steroid dienone is 1. The topological polar surface area (TPSA) is 67.2 Å². The van der Waals surface area contributed by atoms with Crippen molar-refractivity contribution in [2.75, 3.05) is 32.7 Å². The van der Waals surface area contributed by atoms with Gasteiger partial charge in [0.15, 0.2) is 5.82 Å². The summed E-state index contributed by atoms with van der Waals surface area (Å²) in [5.74, 6) is 1.62. The molecular formula is C26H33F3N6O. The van der Waals surface area contributed by atoms with Gasteiger partial charge in [-0.05, 0) is 66.2 Å². The van der Waals surface area contributed by atoms with Crippen molar-refractivity contribution in [1.82, 2.24) is 30.0 Å². The number of aromatic nitrogens is 4. The summed E-state index contributed by atoms with van der Waals surface area (Å²) >= 11 is 0. The molecule has 0 bridgehead atoms. The van der Waals surface area contributed by atoms with Crippen LogP contribution in [0.4, 0.5) is 13.2 Å². The molecule has 2 aromatic rings. The molecule has 0 saturated carbocycles. The number of alkyl halides is 3. The number of nitrogens with zero attached hydrogens (tertiary/aromatic N) is 6. The predicted octanol–water partition coefficient (Wildman–Crippen LogP) is 4.20. The molecule has 4 rings (SSSR count). The van der Waals surface area contributed by atoms with Crippen LogP contribution in [-0.2, 0) is 17.5 Å². The van der Waals surface area contributed by atoms with Gasteiger partial charge < -0.3 is 4.90 Å². The lowest BCUT2D eigenvalue weighted by Crippen LogP contribution is -2.48. The van der Waals surface area contributed by atoms with Gasteiger partial charge in [0, 0.05) is 38.8 Å². The highest BCUT2D eigenvalue weighted by atomic mass is 19.4. The van der Waals surface area contributed by atoms with Crippen molar-refractivity contribution in [3.63, 3.8) is 0 Å². The summed E-state index contributed by atoms with van der Waals surface area (Å²) < 4.78 is 39.8. The largest absolute Gasteiger partial charge is 0.416 e. The number of carbonyl (C=O) groups excluding carboxylic acids is 1. The molecule has 7 nitrogen and oxygen atoms in total. The molecule has 10 heteroatoms. The van der Waals surface area contributed by atoms with Gasteiger partial charge in [-0.25, -0.2) is 0 Å². The predicted molar refractivity (Wildman–Crippen MR) is 131 cm³/mol. The number of halogens is 3. The molecule has 1 fully saturated rings. The zero-order valence-electron chi connectivity index (χ0n) is 21.0. The van der Waals surface area contributed by atoms with Crippen LogP contribution in [0.2, 0.25) is 0 Å². The van der Waals surface area contributed by atoms with Gasteiger partial charge in [0.25, 0.3) is 0 Å². The number of benzene rings is 1. The van der Waals surface area contributed by atoms with E-state index in [0.29, 0.717) is 41.9 Å². The molecule has 2 aliphatic rings. The maximum Gasteiger partial charge on any atom is 0.416 e. The van der Waals surface area contributed by atoms with Gasteiger partial charge in [-0.1, -0.05) is 31.6 Å². The maximum atomic E-state index is 13.3. The van der Waals surface area contributed by atoms with Crippen LogP contribution in [0.5, 0.6) is 0 Å². The van der Waals surface area contributed by atoms with E-state index < -0.39 is 11.7 Å². The fourth-order valence-electron chi connectivity index (χ4n) is 5.13. The molecule has 0 spiro atoms. The lowest BCUT2D eigenvalue weighted by molar-refractivity contribution is -0.137. The summed E-state index contributed by atoms with van der Waals surface area (Å²) in [4.78, 5) is 18.3. The average Bonchev–Trinajstić information content (AvgIpc) is 3.21. The van der Waals surface area contributed by atoms with Crippen LogP contribution in [0.25, 0.3) is 6.08 Å². The standard InChI is InChI=1S/C26H33F3N6O/c1-18-12-19(2)14-21(13-18)16-33-8-10-34(11-9-33)25(36)7-5-22-4-6-24(26(27,28)29)15-23(22)17-35-31-20(3)30-32-35/h4-7,13,15,18-19H,8-12,14,16-17H2,1-3H3/b7-5+. The Kier molecular flexibility index (Phi) is 7.92. The Morgan fingerprint density at radius 1 is 1.14 bits per heavy atom. The van der Waals surface area contributed by atoms with Gasteiger partial charge in [0.2, 0.25) is 5.91 Å². The van der Waals surface area contributed by atoms with Crippen LogP contribution in [0.1, 0.15) is 49.2 Å². The summed E-state index contributed by atoms with van der Waals surface area (Å²) in [7, 11) is 0. The Balaban J connectivity index is 1.39. The minimum Gasteiger partial charge on any atom is -0.337 e. The second-order valence-electron chi connectivity index (χ2n) is 10.1. The van der Waals surface area contributed by atoms with Crippen molar-refractivity contribution in [3.05, 3.63) is 58.4 Å². The number of hydrogen-bond donors (Lipinski definition) is 0. The summed E-state index contributed by atoms with van der Waals surface area (Å²) in [6.07, 6.45) is 3.33. The van der Waals surface area contributed by atoms with E-state index in [0.717, 1.165) is 38.2 Å². The van der Waals surface area contributed by atoms with Crippen molar-refractivity contribution in [2.45, 2.75) is 46.3 Å². The van der Waals surface area contributed by atoms with E-state index in [2.05, 4.69) is 40.2 Å². The first-order valence-electron chi connectivity index (χ1n) is 12.4. The van der Waals surface area contributed by atoms with Gasteiger partial charge >= 0.3 is 6.18 Å². The Morgan fingerprint density at radius 2 is 1.89 bits per heavy atom. The van der Waals surface area contributed by atoms with E-state index in [1.807, 2.05) is 0 Å². The fourth-order valence-corrected chi connectivity index (χ4v) is 5.13. The average molecular weight is 503 g/mol. The molecule has 0 N–H and O–H groups in total. The normalized spacial score (nSPS) is 21.7. The highest BCUT2D eigenvalue weighted by Crippen LogP contribution is 2.31. The van der Waals surface area contributed by atoms with Gasteiger partial charge in [0.1, 0.15) is 0 Å². The minimum atomic E-state index is -4.47. The van der Waals surface area contributed by atoms with Crippen molar-refractivity contribution in [3.8, 4) is 0 Å². The van der Waals surface area contributed by atoms with Gasteiger partial charge in [-0.15, -0.1) is 10.2 Å². The molecule has 2 unspecified atom stereocenters. The highest BCUT2D eigenvalue weighted by Gasteiger charge is 2.31. The quantitative estimate of drug-likeness (QED) is 0.438. The summed E-state index contributed by atoms with van der Waals surface area (Å²) in [6, 6.07) is 3.47. The number of tetrazole rings is 1. The zero-order valence-corrected chi connectivity index (χ0v) is 21.0. The number of amides is 1. The SMILES string of the molecule is Cc1nnn(Cc2cc(C(F)(F)F)ccc2/C=C/C(=O)N2CCN(CC3=CC(C)CC(C)C3)CC2)n1. The molecule has 0 radical (unpaired) electrons. The van der Waals surface area contributed by atoms with Crippen LogP contribution in [0.3, 0.4) is 0 Å². The molecule has 1 aliphatic carbocycles. The molecule has 2 atom stereocenters. The molecule has 1 saturated heterocycles. The van der Waals surface area contributed by atoms with E-state index in [9.17, 15) is 18.0 Å². The molecule has 1 aromatic heterocycles. The third kappa shape index (κ3) is 6.81. The molecule has 1 aliphatic heterocycles. The number of rotatable bonds is 6. The van der Waals surface area contributed by atoms with Crippen LogP contribution >= 0.6 is 0 Å². The number of piperazine rings is 1. The van der Waals surface area contributed by atoms with Gasteiger partial charge in [-0.3, -0.25) is 9.69 Å². The van der Waals surface area contributed by atoms with E-state index >= 15 is 0 Å². The molecule has 1 aromatic carbocycles. The Bertz CT molecular complexity index is 1130. The first kappa shape index (κ1) is 26.1. The molecule has 1 amide bonds. The second-order valence-corrected chi connectivity index (χ2v) is 10.1. The minimum absolute atomic E-state index is 0.0182. The zero-order chi connectivity index (χ0) is 25.9. The van der Waals surface area contributed by atoms with Crippen molar-refractivity contribution >= 4 is 12.0 Å². The molecule has 194 valence electrons. The van der Waals surface area contributed by atoms with Crippen LogP contribution < -0.4 is 0 Å². The van der Waals surface area contributed by atoms with E-state index in [1.165, 1.54) is 28.9 Å². The third-order valence-electron chi connectivity index (χ3n) is 6.76. The fraction of sp³-hybridized carbons (Fsp3) is 0.538. The van der Waals surface area contributed by atoms with Crippen molar-refractivity contribution in [1.29, 1.82) is 0 Å². The van der Waals surface area contributed by atoms with E-state index in [4.69, 9.17) is 0 Å². The third-order valence-corrected chi connectivity index (χ3v) is 6.76. The van der Waals surface area contributed by atoms with Crippen molar-refractivity contribution < 1.29 is 18.0 Å². The molecule has 36 heavy (non-hydrogen) atoms. The summed E-state index contributed by atoms with van der Waals surface area (Å²) in [5, 5.41) is 11.7. The number of carbonyl (C=O) groups is 1. The summed E-state index contributed by atoms with van der Waals surface area (Å²) in [5.41, 5.74) is 1.61. The molecule has 2 heterocycles. The lowest BCUT2D eigenvalue weighted by atomic mass is 9.84. The lowest BCUT2D eigenvalue weighted by Gasteiger charge is -2.36. The Labute approximate surface area is 209 Å². The Morgan fingerprint density at radius 3 is 2.53 bits per heavy atom. The van der Waals surface area contributed by atoms with Gasteiger partial charge in [0.05, 0.1) is 12.1 Å². The molecular weight excluding hydrogens is 469 g/mol. The monoisotopic (exact) mass is 502 g/mol. The van der Waals surface area contributed by atoms with Crippen molar-refractivity contribution in [2.24, 2.45) is 11.8 Å². The van der Waals surface area contributed by atoms with Gasteiger partial charge in [-0.2, -0.15) is 18.0 Å². The first-order chi connectivity index (χ1) is 17.1. The maximum absolute atomic E-state index is 13.3. The van der Waals surface area contributed by atoms with E-state index in [1.54, 1.807) is 17.9 Å². The Hall–Kier alpha value is -3.01. The van der Waals surface area contributed by atoms with E-state index in [-0.39, 0.29) is 12.5 Å². The first-order valence-corrected chi connectivity index (χ1v) is 12.4. The van der Waals surface area contributed by atoms with Crippen LogP contribution in [-0.4, -0.2) is 68.6 Å². The van der Waals surface area contributed by atoms with Crippen LogP contribution in [0, 0.1) is 18.8 Å². The van der Waals surface area contributed by atoms with Crippen LogP contribution in [0.15, 0.2) is 35.9 Å².